The van der Waals surface area contributed by atoms with Gasteiger partial charge in [0, 0.05) is 0 Å². The van der Waals surface area contributed by atoms with Gasteiger partial charge < -0.3 is 18.9 Å². The minimum absolute atomic E-state index is 0.287. The molecule has 43 heavy (non-hydrogen) atoms. The van der Waals surface area contributed by atoms with Crippen LogP contribution in [0.4, 0.5) is 0 Å². The molecule has 0 amide bonds. The summed E-state index contributed by atoms with van der Waals surface area (Å²) in [4.78, 5) is 37.3. The topological polar surface area (TPSA) is 88.1 Å². The predicted octanol–water partition coefficient (Wildman–Crippen LogP) is 8.85. The zero-order valence-electron chi connectivity index (χ0n) is 25.6. The minimum Gasteiger partial charge on any atom is -0.494 e. The third-order valence-corrected chi connectivity index (χ3v) is 7.15. The Balaban J connectivity index is 1.40. The van der Waals surface area contributed by atoms with Crippen LogP contribution in [0.5, 0.6) is 17.2 Å². The fraction of sp³-hybridized carbons (Fsp3) is 0.417. The quantitative estimate of drug-likeness (QED) is 0.0833. The largest absolute Gasteiger partial charge is 0.494 e. The van der Waals surface area contributed by atoms with E-state index in [0.29, 0.717) is 41.8 Å². The number of rotatable bonds is 18. The first-order chi connectivity index (χ1) is 20.9. The van der Waals surface area contributed by atoms with Crippen LogP contribution in [-0.2, 0) is 4.74 Å². The van der Waals surface area contributed by atoms with Crippen molar-refractivity contribution in [3.63, 3.8) is 0 Å². The van der Waals surface area contributed by atoms with Crippen molar-refractivity contribution < 1.29 is 33.3 Å². The summed E-state index contributed by atoms with van der Waals surface area (Å²) < 4.78 is 22.0. The second-order valence-corrected chi connectivity index (χ2v) is 10.8. The average molecular weight is 589 g/mol. The molecule has 0 heterocycles. The molecule has 230 valence electrons. The maximum absolute atomic E-state index is 12.6. The summed E-state index contributed by atoms with van der Waals surface area (Å²) in [6, 6.07) is 19.2. The van der Waals surface area contributed by atoms with Crippen LogP contribution in [0.25, 0.3) is 0 Å². The Labute approximate surface area is 255 Å². The van der Waals surface area contributed by atoms with Gasteiger partial charge in [-0.2, -0.15) is 0 Å². The number of hydrogen-bond donors (Lipinski definition) is 0. The van der Waals surface area contributed by atoms with E-state index in [4.69, 9.17) is 18.9 Å². The van der Waals surface area contributed by atoms with Crippen LogP contribution < -0.4 is 14.2 Å². The van der Waals surface area contributed by atoms with Crippen LogP contribution in [-0.4, -0.2) is 31.1 Å². The van der Waals surface area contributed by atoms with Gasteiger partial charge in [0.25, 0.3) is 0 Å². The summed E-state index contributed by atoms with van der Waals surface area (Å²) in [5.74, 6) is 0.112. The Morgan fingerprint density at radius 3 is 1.44 bits per heavy atom. The molecule has 0 fully saturated rings. The molecule has 0 aliphatic heterocycles. The highest BCUT2D eigenvalue weighted by Crippen LogP contribution is 2.20. The Morgan fingerprint density at radius 1 is 0.558 bits per heavy atom. The van der Waals surface area contributed by atoms with E-state index in [1.807, 2.05) is 13.8 Å². The maximum atomic E-state index is 12.6. The lowest BCUT2D eigenvalue weighted by molar-refractivity contribution is 0.0446. The SMILES string of the molecule is CCCCCCCCCCOc1ccc(C(=O)Oc2ccc(C(=O)Oc3ccc(C(=O)OC[C@@H](C)CC)cc3)cc2)cc1. The first kappa shape index (κ1) is 33.4. The monoisotopic (exact) mass is 588 g/mol. The van der Waals surface area contributed by atoms with Gasteiger partial charge in [-0.3, -0.25) is 0 Å². The molecule has 7 nitrogen and oxygen atoms in total. The van der Waals surface area contributed by atoms with Crippen LogP contribution in [0.3, 0.4) is 0 Å². The number of hydrogen-bond acceptors (Lipinski definition) is 7. The molecule has 0 radical (unpaired) electrons. The van der Waals surface area contributed by atoms with E-state index in [2.05, 4.69) is 6.92 Å². The van der Waals surface area contributed by atoms with Crippen molar-refractivity contribution in [3.05, 3.63) is 89.5 Å². The van der Waals surface area contributed by atoms with E-state index >= 15 is 0 Å². The van der Waals surface area contributed by atoms with Crippen molar-refractivity contribution in [2.24, 2.45) is 5.92 Å². The Kier molecular flexibility index (Phi) is 14.3. The standard InChI is InChI=1S/C36H44O7/c1-4-6-7-8-9-10-11-12-25-40-31-19-13-29(14-20-31)35(38)43-33-23-17-30(18-24-33)36(39)42-32-21-15-28(16-22-32)34(37)41-26-27(3)5-2/h13-24,27H,4-12,25-26H2,1-3H3/t27-/m0/s1. The van der Waals surface area contributed by atoms with Gasteiger partial charge in [0.1, 0.15) is 17.2 Å². The molecular formula is C36H44O7. The molecule has 3 rings (SSSR count). The lowest BCUT2D eigenvalue weighted by atomic mass is 10.1. The van der Waals surface area contributed by atoms with Crippen molar-refractivity contribution in [2.45, 2.75) is 78.6 Å². The normalized spacial score (nSPS) is 11.4. The summed E-state index contributed by atoms with van der Waals surface area (Å²) in [6.07, 6.45) is 10.9. The van der Waals surface area contributed by atoms with Gasteiger partial charge in [0.15, 0.2) is 0 Å². The molecule has 0 spiro atoms. The maximum Gasteiger partial charge on any atom is 0.343 e. The highest BCUT2D eigenvalue weighted by molar-refractivity contribution is 5.93. The van der Waals surface area contributed by atoms with Crippen LogP contribution in [0.1, 0.15) is 110 Å². The molecule has 0 saturated heterocycles. The highest BCUT2D eigenvalue weighted by Gasteiger charge is 2.14. The number of esters is 3. The van der Waals surface area contributed by atoms with Gasteiger partial charge in [0.05, 0.1) is 29.9 Å². The van der Waals surface area contributed by atoms with Gasteiger partial charge >= 0.3 is 17.9 Å². The van der Waals surface area contributed by atoms with Crippen LogP contribution in [0.15, 0.2) is 72.8 Å². The fourth-order valence-electron chi connectivity index (χ4n) is 4.18. The van der Waals surface area contributed by atoms with E-state index in [-0.39, 0.29) is 5.56 Å². The Hall–Kier alpha value is -4.13. The number of carbonyl (C=O) groups is 3. The third kappa shape index (κ3) is 11.9. The van der Waals surface area contributed by atoms with Crippen LogP contribution in [0.2, 0.25) is 0 Å². The van der Waals surface area contributed by atoms with Gasteiger partial charge in [-0.25, -0.2) is 14.4 Å². The van der Waals surface area contributed by atoms with Crippen molar-refractivity contribution in [2.75, 3.05) is 13.2 Å². The number of unbranched alkanes of at least 4 members (excludes halogenated alkanes) is 7. The highest BCUT2D eigenvalue weighted by atomic mass is 16.5. The Bertz CT molecular complexity index is 1260. The van der Waals surface area contributed by atoms with E-state index in [1.54, 1.807) is 48.5 Å². The molecule has 0 unspecified atom stereocenters. The first-order valence-corrected chi connectivity index (χ1v) is 15.4. The van der Waals surface area contributed by atoms with Crippen LogP contribution >= 0.6 is 0 Å². The lowest BCUT2D eigenvalue weighted by Gasteiger charge is -2.10. The number of carbonyl (C=O) groups excluding carboxylic acids is 3. The van der Waals surface area contributed by atoms with Gasteiger partial charge in [-0.15, -0.1) is 0 Å². The van der Waals surface area contributed by atoms with Gasteiger partial charge in [-0.1, -0.05) is 72.1 Å². The molecule has 3 aromatic rings. The van der Waals surface area contributed by atoms with Crippen molar-refractivity contribution in [1.82, 2.24) is 0 Å². The van der Waals surface area contributed by atoms with Gasteiger partial charge in [-0.05, 0) is 85.1 Å². The molecule has 0 aliphatic rings. The molecule has 3 aromatic carbocycles. The smallest absolute Gasteiger partial charge is 0.343 e. The zero-order valence-corrected chi connectivity index (χ0v) is 25.6. The summed E-state index contributed by atoms with van der Waals surface area (Å²) >= 11 is 0. The Morgan fingerprint density at radius 2 is 0.977 bits per heavy atom. The van der Waals surface area contributed by atoms with E-state index in [9.17, 15) is 14.4 Å². The first-order valence-electron chi connectivity index (χ1n) is 15.4. The molecule has 0 N–H and O–H groups in total. The molecule has 0 bridgehead atoms. The number of ether oxygens (including phenoxy) is 4. The molecule has 0 aromatic heterocycles. The molecule has 1 atom stereocenters. The van der Waals surface area contributed by atoms with Crippen molar-refractivity contribution >= 4 is 17.9 Å². The third-order valence-electron chi connectivity index (χ3n) is 7.15. The lowest BCUT2D eigenvalue weighted by Crippen LogP contribution is -2.12. The summed E-state index contributed by atoms with van der Waals surface area (Å²) in [5.41, 5.74) is 1.07. The minimum atomic E-state index is -0.576. The summed E-state index contributed by atoms with van der Waals surface area (Å²) in [7, 11) is 0. The van der Waals surface area contributed by atoms with Crippen molar-refractivity contribution in [1.29, 1.82) is 0 Å². The number of benzene rings is 3. The van der Waals surface area contributed by atoms with Gasteiger partial charge in [0.2, 0.25) is 0 Å². The average Bonchev–Trinajstić information content (AvgIpc) is 3.03. The molecule has 0 saturated carbocycles. The zero-order chi connectivity index (χ0) is 30.9. The molecular weight excluding hydrogens is 544 g/mol. The second-order valence-electron chi connectivity index (χ2n) is 10.8. The van der Waals surface area contributed by atoms with Crippen LogP contribution in [0, 0.1) is 5.92 Å². The second kappa shape index (κ2) is 18.4. The predicted molar refractivity (Wildman–Crippen MR) is 167 cm³/mol. The van der Waals surface area contributed by atoms with E-state index in [1.165, 1.54) is 62.8 Å². The van der Waals surface area contributed by atoms with E-state index < -0.39 is 17.9 Å². The molecule has 7 heteroatoms. The summed E-state index contributed by atoms with van der Waals surface area (Å²) in [6.45, 7) is 7.30. The fourth-order valence-corrected chi connectivity index (χ4v) is 4.18. The van der Waals surface area contributed by atoms with E-state index in [0.717, 1.165) is 25.0 Å². The summed E-state index contributed by atoms with van der Waals surface area (Å²) in [5, 5.41) is 0. The van der Waals surface area contributed by atoms with Crippen molar-refractivity contribution in [3.8, 4) is 17.2 Å². The molecule has 0 aliphatic carbocycles.